The molecule has 0 saturated carbocycles. The number of carboxylic acid groups (broad SMARTS) is 1. The van der Waals surface area contributed by atoms with E-state index in [9.17, 15) is 9.59 Å². The Morgan fingerprint density at radius 2 is 2.22 bits per heavy atom. The zero-order valence-corrected chi connectivity index (χ0v) is 9.86. The molecular weight excluding hydrogens is 232 g/mol. The molecule has 0 bridgehead atoms. The molecule has 2 rings (SSSR count). The summed E-state index contributed by atoms with van der Waals surface area (Å²) in [5, 5.41) is 11.8. The fraction of sp³-hybridized carbons (Fsp3) is 0.231. The molecule has 0 unspecified atom stereocenters. The molecule has 1 aromatic heterocycles. The SMILES string of the molecule is [2H]c1c(CC(=O)N[C@@H](C)C(=O)O)[nH]c2ccccc12. The molecule has 0 aliphatic rings. The van der Waals surface area contributed by atoms with E-state index < -0.39 is 17.9 Å². The summed E-state index contributed by atoms with van der Waals surface area (Å²) in [6, 6.07) is 6.63. The summed E-state index contributed by atoms with van der Waals surface area (Å²) in [6.07, 6.45) is -0.0366. The molecule has 2 aromatic rings. The van der Waals surface area contributed by atoms with Crippen LogP contribution in [-0.4, -0.2) is 28.0 Å². The lowest BCUT2D eigenvalue weighted by Crippen LogP contribution is -2.39. The quantitative estimate of drug-likeness (QED) is 0.761. The number of aromatic amines is 1. The molecule has 1 heterocycles. The number of hydrogen-bond acceptors (Lipinski definition) is 2. The van der Waals surface area contributed by atoms with Gasteiger partial charge in [0.05, 0.1) is 7.79 Å². The number of fused-ring (bicyclic) bond motifs is 1. The van der Waals surface area contributed by atoms with E-state index in [0.717, 1.165) is 10.9 Å². The molecule has 5 nitrogen and oxygen atoms in total. The van der Waals surface area contributed by atoms with Gasteiger partial charge >= 0.3 is 5.97 Å². The maximum atomic E-state index is 11.7. The van der Waals surface area contributed by atoms with E-state index in [1.165, 1.54) is 6.92 Å². The molecule has 1 amide bonds. The van der Waals surface area contributed by atoms with E-state index in [1.807, 2.05) is 18.2 Å². The molecule has 0 aliphatic heterocycles. The van der Waals surface area contributed by atoms with Crippen molar-refractivity contribution in [3.05, 3.63) is 36.0 Å². The highest BCUT2D eigenvalue weighted by Gasteiger charge is 2.14. The first-order valence-corrected chi connectivity index (χ1v) is 5.57. The van der Waals surface area contributed by atoms with Crippen molar-refractivity contribution in [2.24, 2.45) is 0 Å². The van der Waals surface area contributed by atoms with Crippen molar-refractivity contribution >= 4 is 22.8 Å². The minimum absolute atomic E-state index is 0.0366. The Kier molecular flexibility index (Phi) is 2.96. The number of H-pyrrole nitrogens is 1. The highest BCUT2D eigenvalue weighted by molar-refractivity contribution is 5.86. The van der Waals surface area contributed by atoms with E-state index in [1.54, 1.807) is 6.07 Å². The average Bonchev–Trinajstić information content (AvgIpc) is 2.66. The highest BCUT2D eigenvalue weighted by Crippen LogP contribution is 2.14. The summed E-state index contributed by atoms with van der Waals surface area (Å²) in [6.45, 7) is 1.40. The van der Waals surface area contributed by atoms with Gasteiger partial charge < -0.3 is 15.4 Å². The van der Waals surface area contributed by atoms with Crippen LogP contribution in [0, 0.1) is 0 Å². The topological polar surface area (TPSA) is 82.2 Å². The number of para-hydroxylation sites is 1. The van der Waals surface area contributed by atoms with Crippen LogP contribution in [0.25, 0.3) is 10.9 Å². The van der Waals surface area contributed by atoms with Crippen molar-refractivity contribution in [2.75, 3.05) is 0 Å². The van der Waals surface area contributed by atoms with Crippen LogP contribution in [0.5, 0.6) is 0 Å². The van der Waals surface area contributed by atoms with Crippen LogP contribution < -0.4 is 5.32 Å². The molecule has 5 heteroatoms. The molecule has 0 radical (unpaired) electrons. The van der Waals surface area contributed by atoms with Crippen molar-refractivity contribution in [1.82, 2.24) is 10.3 Å². The lowest BCUT2D eigenvalue weighted by Gasteiger charge is -2.08. The number of benzene rings is 1. The third-order valence-corrected chi connectivity index (χ3v) is 2.58. The Morgan fingerprint density at radius 1 is 1.50 bits per heavy atom. The first kappa shape index (κ1) is 10.8. The van der Waals surface area contributed by atoms with Gasteiger partial charge in [0.25, 0.3) is 0 Å². The smallest absolute Gasteiger partial charge is 0.325 e. The molecule has 1 aromatic carbocycles. The normalized spacial score (nSPS) is 13.1. The van der Waals surface area contributed by atoms with Crippen molar-refractivity contribution in [2.45, 2.75) is 19.4 Å². The van der Waals surface area contributed by atoms with E-state index in [-0.39, 0.29) is 12.5 Å². The van der Waals surface area contributed by atoms with Crippen molar-refractivity contribution < 1.29 is 16.1 Å². The fourth-order valence-corrected chi connectivity index (χ4v) is 1.66. The number of amides is 1. The number of aromatic nitrogens is 1. The minimum atomic E-state index is -1.09. The standard InChI is InChI=1S/C13H14N2O3/c1-8(13(17)18)14-12(16)7-10-6-9-4-2-3-5-11(9)15-10/h2-6,8,15H,7H2,1H3,(H,14,16)(H,17,18)/t8-/m0/s1/i6D. The monoisotopic (exact) mass is 247 g/mol. The number of rotatable bonds is 4. The number of nitrogens with one attached hydrogen (secondary N) is 2. The van der Waals surface area contributed by atoms with E-state index in [0.29, 0.717) is 5.69 Å². The fourth-order valence-electron chi connectivity index (χ4n) is 1.66. The molecule has 18 heavy (non-hydrogen) atoms. The second-order valence-corrected chi connectivity index (χ2v) is 4.08. The summed E-state index contributed by atoms with van der Waals surface area (Å²) in [7, 11) is 0. The Labute approximate surface area is 105 Å². The summed E-state index contributed by atoms with van der Waals surface area (Å²) in [5.74, 6) is -1.51. The van der Waals surface area contributed by atoms with Gasteiger partial charge in [0.15, 0.2) is 0 Å². The van der Waals surface area contributed by atoms with E-state index in [4.69, 9.17) is 6.48 Å². The van der Waals surface area contributed by atoms with Crippen LogP contribution in [0.1, 0.15) is 14.0 Å². The molecule has 0 spiro atoms. The maximum absolute atomic E-state index is 11.7. The molecule has 0 saturated heterocycles. The van der Waals surface area contributed by atoms with Gasteiger partial charge in [-0.25, -0.2) is 0 Å². The summed E-state index contributed by atoms with van der Waals surface area (Å²) < 4.78 is 7.95. The molecule has 94 valence electrons. The number of aliphatic carboxylic acids is 1. The van der Waals surface area contributed by atoms with Crippen LogP contribution in [-0.2, 0) is 16.0 Å². The van der Waals surface area contributed by atoms with Crippen LogP contribution in [0.4, 0.5) is 0 Å². The zero-order chi connectivity index (χ0) is 14.0. The van der Waals surface area contributed by atoms with Gasteiger partial charge in [-0.15, -0.1) is 0 Å². The average molecular weight is 247 g/mol. The zero-order valence-electron chi connectivity index (χ0n) is 10.9. The minimum Gasteiger partial charge on any atom is -0.480 e. The maximum Gasteiger partial charge on any atom is 0.325 e. The van der Waals surface area contributed by atoms with Crippen LogP contribution in [0.3, 0.4) is 0 Å². The van der Waals surface area contributed by atoms with E-state index >= 15 is 0 Å². The van der Waals surface area contributed by atoms with Crippen LogP contribution in [0.2, 0.25) is 0 Å². The Bertz CT molecular complexity index is 636. The van der Waals surface area contributed by atoms with Gasteiger partial charge in [-0.3, -0.25) is 9.59 Å². The van der Waals surface area contributed by atoms with Gasteiger partial charge in [-0.1, -0.05) is 18.2 Å². The molecule has 1 atom stereocenters. The first-order valence-electron chi connectivity index (χ1n) is 6.07. The molecular formula is C13H14N2O3. The highest BCUT2D eigenvalue weighted by atomic mass is 16.4. The third kappa shape index (κ3) is 2.68. The van der Waals surface area contributed by atoms with E-state index in [2.05, 4.69) is 10.3 Å². The number of carbonyl (C=O) groups excluding carboxylic acids is 1. The van der Waals surface area contributed by atoms with Gasteiger partial charge in [-0.2, -0.15) is 0 Å². The Hall–Kier alpha value is -2.30. The van der Waals surface area contributed by atoms with Crippen molar-refractivity contribution in [3.63, 3.8) is 0 Å². The van der Waals surface area contributed by atoms with Crippen LogP contribution in [0.15, 0.2) is 30.3 Å². The lowest BCUT2D eigenvalue weighted by molar-refractivity contribution is -0.141. The van der Waals surface area contributed by atoms with Gasteiger partial charge in [0, 0.05) is 11.2 Å². The predicted octanol–water partition coefficient (Wildman–Crippen LogP) is 1.30. The third-order valence-electron chi connectivity index (χ3n) is 2.58. The molecule has 3 N–H and O–H groups in total. The van der Waals surface area contributed by atoms with Crippen molar-refractivity contribution in [1.29, 1.82) is 0 Å². The Morgan fingerprint density at radius 3 is 2.89 bits per heavy atom. The van der Waals surface area contributed by atoms with Gasteiger partial charge in [0.2, 0.25) is 5.91 Å². The summed E-state index contributed by atoms with van der Waals surface area (Å²) >= 11 is 0. The Balaban J connectivity index is 2.15. The number of carboxylic acids is 1. The second kappa shape index (κ2) is 4.91. The molecule has 0 aliphatic carbocycles. The second-order valence-electron chi connectivity index (χ2n) is 4.08. The van der Waals surface area contributed by atoms with Crippen LogP contribution >= 0.6 is 0 Å². The summed E-state index contributed by atoms with van der Waals surface area (Å²) in [5.41, 5.74) is 1.28. The van der Waals surface area contributed by atoms with Crippen molar-refractivity contribution in [3.8, 4) is 0 Å². The predicted molar refractivity (Wildman–Crippen MR) is 67.2 cm³/mol. The largest absolute Gasteiger partial charge is 0.480 e. The van der Waals surface area contributed by atoms with Gasteiger partial charge in [-0.05, 0) is 24.4 Å². The number of carbonyl (C=O) groups is 2. The van der Waals surface area contributed by atoms with Gasteiger partial charge in [0.1, 0.15) is 6.04 Å². The lowest BCUT2D eigenvalue weighted by atomic mass is 10.2. The first-order chi connectivity index (χ1) is 8.99. The summed E-state index contributed by atoms with van der Waals surface area (Å²) in [4.78, 5) is 25.3. The number of hydrogen-bond donors (Lipinski definition) is 3. The molecule has 0 fully saturated rings.